The summed E-state index contributed by atoms with van der Waals surface area (Å²) in [6.07, 6.45) is 0.553. The minimum atomic E-state index is -0.367. The van der Waals surface area contributed by atoms with Crippen LogP contribution in [0.3, 0.4) is 0 Å². The summed E-state index contributed by atoms with van der Waals surface area (Å²) in [6, 6.07) is 2.50. The van der Waals surface area contributed by atoms with E-state index >= 15 is 0 Å². The SMILES string of the molecule is NCCc1cc(F)cc(Cl)n1. The minimum Gasteiger partial charge on any atom is -0.330 e. The number of nitrogens with two attached hydrogens (primary N) is 1. The molecule has 11 heavy (non-hydrogen) atoms. The van der Waals surface area contributed by atoms with Crippen LogP contribution in [0.2, 0.25) is 5.15 Å². The van der Waals surface area contributed by atoms with E-state index in [1.165, 1.54) is 12.1 Å². The number of aromatic nitrogens is 1. The highest BCUT2D eigenvalue weighted by molar-refractivity contribution is 6.29. The average molecular weight is 175 g/mol. The molecule has 1 aromatic heterocycles. The van der Waals surface area contributed by atoms with Gasteiger partial charge in [-0.1, -0.05) is 11.6 Å². The summed E-state index contributed by atoms with van der Waals surface area (Å²) in [6.45, 7) is 0.451. The summed E-state index contributed by atoms with van der Waals surface area (Å²) in [5.41, 5.74) is 5.85. The fourth-order valence-corrected chi connectivity index (χ4v) is 1.01. The molecule has 60 valence electrons. The Kier molecular flexibility index (Phi) is 2.79. The van der Waals surface area contributed by atoms with Gasteiger partial charge in [0.1, 0.15) is 11.0 Å². The maximum atomic E-state index is 12.6. The van der Waals surface area contributed by atoms with E-state index in [0.29, 0.717) is 18.7 Å². The second-order valence-corrected chi connectivity index (χ2v) is 2.53. The maximum Gasteiger partial charge on any atom is 0.132 e. The molecule has 0 bridgehead atoms. The molecule has 0 aliphatic heterocycles. The standard InChI is InChI=1S/C7H8ClFN2/c8-7-4-5(9)3-6(11-7)1-2-10/h3-4H,1-2,10H2. The number of hydrogen-bond acceptors (Lipinski definition) is 2. The summed E-state index contributed by atoms with van der Waals surface area (Å²) in [5, 5.41) is 0.174. The maximum absolute atomic E-state index is 12.6. The largest absolute Gasteiger partial charge is 0.330 e. The average Bonchev–Trinajstić information content (AvgIpc) is 1.85. The van der Waals surface area contributed by atoms with Gasteiger partial charge in [-0.3, -0.25) is 0 Å². The molecule has 0 aromatic carbocycles. The quantitative estimate of drug-likeness (QED) is 0.688. The number of hydrogen-bond donors (Lipinski definition) is 1. The molecular formula is C7H8ClFN2. The summed E-state index contributed by atoms with van der Waals surface area (Å²) < 4.78 is 12.6. The Labute approximate surface area is 69.2 Å². The molecule has 4 heteroatoms. The van der Waals surface area contributed by atoms with Gasteiger partial charge >= 0.3 is 0 Å². The van der Waals surface area contributed by atoms with E-state index in [-0.39, 0.29) is 11.0 Å². The topological polar surface area (TPSA) is 38.9 Å². The van der Waals surface area contributed by atoms with E-state index in [2.05, 4.69) is 4.98 Å². The van der Waals surface area contributed by atoms with Gasteiger partial charge in [0.15, 0.2) is 0 Å². The lowest BCUT2D eigenvalue weighted by Gasteiger charge is -1.97. The third kappa shape index (κ3) is 2.44. The minimum absolute atomic E-state index is 0.174. The smallest absolute Gasteiger partial charge is 0.132 e. The second kappa shape index (κ2) is 3.64. The molecule has 0 saturated carbocycles. The van der Waals surface area contributed by atoms with Gasteiger partial charge in [0, 0.05) is 18.2 Å². The molecule has 0 amide bonds. The van der Waals surface area contributed by atoms with Gasteiger partial charge in [-0.15, -0.1) is 0 Å². The van der Waals surface area contributed by atoms with Crippen LogP contribution in [-0.4, -0.2) is 11.5 Å². The molecule has 1 aromatic rings. The molecule has 0 unspecified atom stereocenters. The zero-order valence-corrected chi connectivity index (χ0v) is 6.61. The zero-order valence-electron chi connectivity index (χ0n) is 5.85. The fraction of sp³-hybridized carbons (Fsp3) is 0.286. The van der Waals surface area contributed by atoms with Crippen molar-refractivity contribution in [1.82, 2.24) is 4.98 Å². The Bertz CT molecular complexity index is 232. The number of pyridine rings is 1. The van der Waals surface area contributed by atoms with E-state index in [9.17, 15) is 4.39 Å². The number of halogens is 2. The third-order valence-corrected chi connectivity index (χ3v) is 1.41. The van der Waals surface area contributed by atoms with Gasteiger partial charge in [0.25, 0.3) is 0 Å². The molecule has 1 rings (SSSR count). The van der Waals surface area contributed by atoms with Crippen molar-refractivity contribution in [1.29, 1.82) is 0 Å². The summed E-state index contributed by atoms with van der Waals surface area (Å²) in [4.78, 5) is 3.87. The van der Waals surface area contributed by atoms with Crippen LogP contribution in [0.1, 0.15) is 5.69 Å². The van der Waals surface area contributed by atoms with Gasteiger partial charge in [0.2, 0.25) is 0 Å². The predicted octanol–water partition coefficient (Wildman–Crippen LogP) is 1.38. The van der Waals surface area contributed by atoms with Crippen LogP contribution in [0.4, 0.5) is 4.39 Å². The lowest BCUT2D eigenvalue weighted by molar-refractivity contribution is 0.622. The monoisotopic (exact) mass is 174 g/mol. The highest BCUT2D eigenvalue weighted by Crippen LogP contribution is 2.09. The molecule has 2 nitrogen and oxygen atoms in total. The lowest BCUT2D eigenvalue weighted by Crippen LogP contribution is -2.04. The highest BCUT2D eigenvalue weighted by atomic mass is 35.5. The molecule has 2 N–H and O–H groups in total. The molecular weight excluding hydrogens is 167 g/mol. The van der Waals surface area contributed by atoms with Crippen LogP contribution in [0.25, 0.3) is 0 Å². The van der Waals surface area contributed by atoms with Crippen molar-refractivity contribution >= 4 is 11.6 Å². The van der Waals surface area contributed by atoms with Crippen molar-refractivity contribution in [2.75, 3.05) is 6.54 Å². The van der Waals surface area contributed by atoms with Gasteiger partial charge in [-0.2, -0.15) is 0 Å². The first kappa shape index (κ1) is 8.43. The van der Waals surface area contributed by atoms with E-state index in [1.807, 2.05) is 0 Å². The Hall–Kier alpha value is -0.670. The normalized spacial score (nSPS) is 10.1. The molecule has 0 aliphatic carbocycles. The first-order valence-electron chi connectivity index (χ1n) is 3.24. The van der Waals surface area contributed by atoms with E-state index < -0.39 is 0 Å². The molecule has 0 radical (unpaired) electrons. The van der Waals surface area contributed by atoms with Crippen molar-refractivity contribution in [2.24, 2.45) is 5.73 Å². The summed E-state index contributed by atoms with van der Waals surface area (Å²) >= 11 is 5.49. The molecule has 0 saturated heterocycles. The van der Waals surface area contributed by atoms with Crippen molar-refractivity contribution < 1.29 is 4.39 Å². The van der Waals surface area contributed by atoms with Crippen LogP contribution in [0.5, 0.6) is 0 Å². The van der Waals surface area contributed by atoms with Crippen LogP contribution in [-0.2, 0) is 6.42 Å². The van der Waals surface area contributed by atoms with Crippen LogP contribution < -0.4 is 5.73 Å². The predicted molar refractivity (Wildman–Crippen MR) is 42.0 cm³/mol. The first-order valence-corrected chi connectivity index (χ1v) is 3.62. The van der Waals surface area contributed by atoms with E-state index in [1.54, 1.807) is 0 Å². The fourth-order valence-electron chi connectivity index (χ4n) is 0.792. The summed E-state index contributed by atoms with van der Waals surface area (Å²) in [7, 11) is 0. The van der Waals surface area contributed by atoms with Crippen molar-refractivity contribution in [3.05, 3.63) is 28.8 Å². The van der Waals surface area contributed by atoms with Crippen LogP contribution >= 0.6 is 11.6 Å². The van der Waals surface area contributed by atoms with Gasteiger partial charge in [-0.25, -0.2) is 9.37 Å². The van der Waals surface area contributed by atoms with Gasteiger partial charge in [0.05, 0.1) is 0 Å². The molecule has 0 fully saturated rings. The Morgan fingerprint density at radius 1 is 1.55 bits per heavy atom. The second-order valence-electron chi connectivity index (χ2n) is 2.14. The highest BCUT2D eigenvalue weighted by Gasteiger charge is 1.98. The Morgan fingerprint density at radius 3 is 2.82 bits per heavy atom. The molecule has 0 aliphatic rings. The Balaban J connectivity index is 2.89. The Morgan fingerprint density at radius 2 is 2.27 bits per heavy atom. The first-order chi connectivity index (χ1) is 5.22. The van der Waals surface area contributed by atoms with Crippen LogP contribution in [0, 0.1) is 5.82 Å². The third-order valence-electron chi connectivity index (χ3n) is 1.21. The number of rotatable bonds is 2. The van der Waals surface area contributed by atoms with Crippen molar-refractivity contribution in [3.8, 4) is 0 Å². The molecule has 0 atom stereocenters. The van der Waals surface area contributed by atoms with Gasteiger partial charge < -0.3 is 5.73 Å². The molecule has 0 spiro atoms. The van der Waals surface area contributed by atoms with E-state index in [4.69, 9.17) is 17.3 Å². The summed E-state index contributed by atoms with van der Waals surface area (Å²) in [5.74, 6) is -0.367. The number of nitrogens with zero attached hydrogens (tertiary/aromatic N) is 1. The van der Waals surface area contributed by atoms with Crippen molar-refractivity contribution in [2.45, 2.75) is 6.42 Å². The van der Waals surface area contributed by atoms with Crippen LogP contribution in [0.15, 0.2) is 12.1 Å². The lowest BCUT2D eigenvalue weighted by atomic mass is 10.3. The van der Waals surface area contributed by atoms with E-state index in [0.717, 1.165) is 0 Å². The van der Waals surface area contributed by atoms with Gasteiger partial charge in [-0.05, 0) is 12.6 Å². The zero-order chi connectivity index (χ0) is 8.27. The molecule has 1 heterocycles. The van der Waals surface area contributed by atoms with Crippen molar-refractivity contribution in [3.63, 3.8) is 0 Å².